The molecule has 132 valence electrons. The van der Waals surface area contributed by atoms with Crippen LogP contribution in [0, 0.1) is 19.3 Å². The van der Waals surface area contributed by atoms with Crippen LogP contribution in [-0.4, -0.2) is 53.4 Å². The number of aryl methyl sites for hydroxylation is 2. The number of nitrogens with zero attached hydrogens (tertiary/aromatic N) is 2. The quantitative estimate of drug-likeness (QED) is 0.805. The van der Waals surface area contributed by atoms with Crippen molar-refractivity contribution in [2.75, 3.05) is 26.2 Å². The van der Waals surface area contributed by atoms with Gasteiger partial charge in [-0.25, -0.2) is 4.98 Å². The van der Waals surface area contributed by atoms with Crippen LogP contribution >= 0.6 is 11.3 Å². The Kier molecular flexibility index (Phi) is 4.42. The zero-order valence-corrected chi connectivity index (χ0v) is 15.7. The number of carbonyl (C=O) groups is 2. The van der Waals surface area contributed by atoms with Gasteiger partial charge >= 0.3 is 0 Å². The molecule has 7 heteroatoms. The van der Waals surface area contributed by atoms with Crippen molar-refractivity contribution < 1.29 is 9.59 Å². The van der Waals surface area contributed by atoms with E-state index < -0.39 is 5.54 Å². The Labute approximate surface area is 147 Å². The first kappa shape index (κ1) is 17.4. The second-order valence-corrected chi connectivity index (χ2v) is 8.93. The summed E-state index contributed by atoms with van der Waals surface area (Å²) in [7, 11) is 0. The standard InChI is InChI=1S/C17H26N4O2S/c1-11-13(24-12(2)20-11)14(22)21-7-5-17(6-8-21)15(23)18-9-16(3,4)10-19-17/h19H,5-10H2,1-4H3,(H,18,23). The largest absolute Gasteiger partial charge is 0.354 e. The van der Waals surface area contributed by atoms with E-state index in [9.17, 15) is 9.59 Å². The maximum absolute atomic E-state index is 12.7. The van der Waals surface area contributed by atoms with Crippen LogP contribution in [0.4, 0.5) is 0 Å². The molecule has 1 spiro atoms. The summed E-state index contributed by atoms with van der Waals surface area (Å²) in [5.41, 5.74) is 0.307. The molecule has 2 fully saturated rings. The SMILES string of the molecule is Cc1nc(C)c(C(=O)N2CCC3(CC2)NCC(C)(C)CNC3=O)s1. The highest BCUT2D eigenvalue weighted by molar-refractivity contribution is 7.13. The van der Waals surface area contributed by atoms with E-state index in [-0.39, 0.29) is 17.2 Å². The highest BCUT2D eigenvalue weighted by Crippen LogP contribution is 2.29. The molecular formula is C17H26N4O2S. The molecule has 2 amide bonds. The van der Waals surface area contributed by atoms with E-state index in [1.54, 1.807) is 0 Å². The van der Waals surface area contributed by atoms with Crippen LogP contribution in [0.5, 0.6) is 0 Å². The summed E-state index contributed by atoms with van der Waals surface area (Å²) in [5, 5.41) is 7.48. The van der Waals surface area contributed by atoms with Crippen molar-refractivity contribution in [2.45, 2.75) is 46.1 Å². The van der Waals surface area contributed by atoms with E-state index >= 15 is 0 Å². The number of thiazole rings is 1. The molecule has 2 saturated heterocycles. The fraction of sp³-hybridized carbons (Fsp3) is 0.706. The van der Waals surface area contributed by atoms with Gasteiger partial charge in [0.15, 0.2) is 0 Å². The Hall–Kier alpha value is -1.47. The minimum Gasteiger partial charge on any atom is -0.354 e. The van der Waals surface area contributed by atoms with Crippen molar-refractivity contribution in [3.63, 3.8) is 0 Å². The molecule has 0 aromatic carbocycles. The molecule has 24 heavy (non-hydrogen) atoms. The number of hydrogen-bond donors (Lipinski definition) is 2. The minimum absolute atomic E-state index is 0.0438. The molecule has 0 saturated carbocycles. The zero-order valence-electron chi connectivity index (χ0n) is 14.9. The Bertz CT molecular complexity index is 660. The maximum Gasteiger partial charge on any atom is 0.265 e. The monoisotopic (exact) mass is 350 g/mol. The fourth-order valence-corrected chi connectivity index (χ4v) is 4.30. The summed E-state index contributed by atoms with van der Waals surface area (Å²) in [5.74, 6) is 0.118. The summed E-state index contributed by atoms with van der Waals surface area (Å²) in [6, 6.07) is 0. The lowest BCUT2D eigenvalue weighted by molar-refractivity contribution is -0.128. The van der Waals surface area contributed by atoms with E-state index in [1.165, 1.54) is 11.3 Å². The normalized spacial score (nSPS) is 23.0. The van der Waals surface area contributed by atoms with Gasteiger partial charge in [0.1, 0.15) is 10.4 Å². The minimum atomic E-state index is -0.538. The third-order valence-electron chi connectivity index (χ3n) is 5.07. The lowest BCUT2D eigenvalue weighted by atomic mass is 9.86. The lowest BCUT2D eigenvalue weighted by Crippen LogP contribution is -2.61. The molecule has 0 radical (unpaired) electrons. The predicted molar refractivity (Wildman–Crippen MR) is 94.2 cm³/mol. The third kappa shape index (κ3) is 3.19. The number of amides is 2. The highest BCUT2D eigenvalue weighted by Gasteiger charge is 2.45. The predicted octanol–water partition coefficient (Wildman–Crippen LogP) is 1.48. The van der Waals surface area contributed by atoms with Crippen molar-refractivity contribution in [1.82, 2.24) is 20.5 Å². The van der Waals surface area contributed by atoms with Crippen LogP contribution < -0.4 is 10.6 Å². The summed E-state index contributed by atoms with van der Waals surface area (Å²) >= 11 is 1.45. The molecule has 0 bridgehead atoms. The zero-order chi connectivity index (χ0) is 17.5. The molecule has 1 aromatic heterocycles. The van der Waals surface area contributed by atoms with Gasteiger partial charge in [0, 0.05) is 26.2 Å². The van der Waals surface area contributed by atoms with E-state index in [1.807, 2.05) is 18.7 Å². The van der Waals surface area contributed by atoms with Crippen molar-refractivity contribution in [3.8, 4) is 0 Å². The number of aromatic nitrogens is 1. The first-order valence-corrected chi connectivity index (χ1v) is 9.31. The topological polar surface area (TPSA) is 74.3 Å². The summed E-state index contributed by atoms with van der Waals surface area (Å²) in [6.07, 6.45) is 1.30. The van der Waals surface area contributed by atoms with Gasteiger partial charge < -0.3 is 15.5 Å². The van der Waals surface area contributed by atoms with Crippen molar-refractivity contribution in [2.24, 2.45) is 5.41 Å². The first-order valence-electron chi connectivity index (χ1n) is 8.49. The van der Waals surface area contributed by atoms with Gasteiger partial charge in [-0.05, 0) is 32.1 Å². The lowest BCUT2D eigenvalue weighted by Gasteiger charge is -2.40. The van der Waals surface area contributed by atoms with Gasteiger partial charge in [0.2, 0.25) is 5.91 Å². The number of carbonyl (C=O) groups excluding carboxylic acids is 2. The Morgan fingerprint density at radius 1 is 1.21 bits per heavy atom. The number of piperidine rings is 1. The van der Waals surface area contributed by atoms with Gasteiger partial charge in [-0.3, -0.25) is 9.59 Å². The van der Waals surface area contributed by atoms with Gasteiger partial charge in [0.05, 0.1) is 10.7 Å². The molecule has 2 aliphatic heterocycles. The number of nitrogens with one attached hydrogen (secondary N) is 2. The van der Waals surface area contributed by atoms with Crippen LogP contribution in [0.15, 0.2) is 0 Å². The Morgan fingerprint density at radius 3 is 2.46 bits per heavy atom. The molecule has 2 aliphatic rings. The number of likely N-dealkylation sites (tertiary alicyclic amines) is 1. The maximum atomic E-state index is 12.7. The average Bonchev–Trinajstić information content (AvgIpc) is 2.84. The Balaban J connectivity index is 1.70. The highest BCUT2D eigenvalue weighted by atomic mass is 32.1. The van der Waals surface area contributed by atoms with Crippen LogP contribution in [-0.2, 0) is 4.79 Å². The molecule has 0 aliphatic carbocycles. The molecule has 0 atom stereocenters. The van der Waals surface area contributed by atoms with Gasteiger partial charge in [-0.1, -0.05) is 13.8 Å². The van der Waals surface area contributed by atoms with Crippen LogP contribution in [0.1, 0.15) is 47.1 Å². The second kappa shape index (κ2) is 6.11. The third-order valence-corrected chi connectivity index (χ3v) is 6.13. The van der Waals surface area contributed by atoms with E-state index in [0.29, 0.717) is 32.5 Å². The number of rotatable bonds is 1. The van der Waals surface area contributed by atoms with Crippen LogP contribution in [0.2, 0.25) is 0 Å². The first-order chi connectivity index (χ1) is 11.2. The molecule has 0 unspecified atom stereocenters. The van der Waals surface area contributed by atoms with Crippen LogP contribution in [0.3, 0.4) is 0 Å². The van der Waals surface area contributed by atoms with Crippen LogP contribution in [0.25, 0.3) is 0 Å². The molecule has 3 heterocycles. The Morgan fingerprint density at radius 2 is 1.88 bits per heavy atom. The van der Waals surface area contributed by atoms with E-state index in [4.69, 9.17) is 0 Å². The van der Waals surface area contributed by atoms with E-state index in [0.717, 1.165) is 22.1 Å². The average molecular weight is 350 g/mol. The molecule has 3 rings (SSSR count). The van der Waals surface area contributed by atoms with Crippen molar-refractivity contribution in [1.29, 1.82) is 0 Å². The molecular weight excluding hydrogens is 324 g/mol. The summed E-state index contributed by atoms with van der Waals surface area (Å²) in [6.45, 7) is 10.8. The second-order valence-electron chi connectivity index (χ2n) is 7.72. The van der Waals surface area contributed by atoms with E-state index in [2.05, 4.69) is 29.5 Å². The number of hydrogen-bond acceptors (Lipinski definition) is 5. The van der Waals surface area contributed by atoms with Gasteiger partial charge in [-0.2, -0.15) is 0 Å². The summed E-state index contributed by atoms with van der Waals surface area (Å²) < 4.78 is 0. The molecule has 1 aromatic rings. The smallest absolute Gasteiger partial charge is 0.265 e. The van der Waals surface area contributed by atoms with Crippen molar-refractivity contribution >= 4 is 23.2 Å². The molecule has 6 nitrogen and oxygen atoms in total. The molecule has 2 N–H and O–H groups in total. The fourth-order valence-electron chi connectivity index (χ4n) is 3.41. The van der Waals surface area contributed by atoms with Crippen molar-refractivity contribution in [3.05, 3.63) is 15.6 Å². The van der Waals surface area contributed by atoms with Gasteiger partial charge in [0.25, 0.3) is 5.91 Å². The summed E-state index contributed by atoms with van der Waals surface area (Å²) in [4.78, 5) is 32.3. The van der Waals surface area contributed by atoms with Gasteiger partial charge in [-0.15, -0.1) is 11.3 Å².